The van der Waals surface area contributed by atoms with Crippen LogP contribution in [-0.2, 0) is 12.8 Å². The molecule has 3 aromatic rings. The van der Waals surface area contributed by atoms with Gasteiger partial charge in [0.15, 0.2) is 11.6 Å². The van der Waals surface area contributed by atoms with Crippen LogP contribution in [0.25, 0.3) is 16.7 Å². The van der Waals surface area contributed by atoms with Crippen molar-refractivity contribution in [3.8, 4) is 16.9 Å². The van der Waals surface area contributed by atoms with Crippen LogP contribution in [0.5, 0.6) is 5.75 Å². The van der Waals surface area contributed by atoms with E-state index in [0.717, 1.165) is 48.8 Å². The molecule has 0 radical (unpaired) electrons. The monoisotopic (exact) mass is 506 g/mol. The van der Waals surface area contributed by atoms with E-state index < -0.39 is 11.6 Å². The Morgan fingerprint density at radius 1 is 0.838 bits per heavy atom. The third-order valence-corrected chi connectivity index (χ3v) is 7.34. The van der Waals surface area contributed by atoms with Gasteiger partial charge in [-0.05, 0) is 78.8 Å². The van der Waals surface area contributed by atoms with Crippen LogP contribution in [0, 0.1) is 23.4 Å². The SMILES string of the molecule is CCCCCCOc1ccc(-c2ccc(CCc3ccc(C4=CCC(C)CC4)c(F)c3F)cc2)c(F)c1. The van der Waals surface area contributed by atoms with Gasteiger partial charge < -0.3 is 4.74 Å². The lowest BCUT2D eigenvalue weighted by molar-refractivity contribution is 0.303. The molecule has 0 aromatic heterocycles. The van der Waals surface area contributed by atoms with Crippen LogP contribution in [-0.4, -0.2) is 6.61 Å². The van der Waals surface area contributed by atoms with Gasteiger partial charge in [0.2, 0.25) is 0 Å². The van der Waals surface area contributed by atoms with Crippen molar-refractivity contribution < 1.29 is 17.9 Å². The summed E-state index contributed by atoms with van der Waals surface area (Å²) in [5, 5.41) is 0. The second kappa shape index (κ2) is 13.0. The van der Waals surface area contributed by atoms with Crippen molar-refractivity contribution in [1.82, 2.24) is 0 Å². The Balaban J connectivity index is 1.36. The number of hydrogen-bond donors (Lipinski definition) is 0. The summed E-state index contributed by atoms with van der Waals surface area (Å²) >= 11 is 0. The molecule has 4 rings (SSSR count). The average Bonchev–Trinajstić information content (AvgIpc) is 2.91. The Bertz CT molecular complexity index is 1210. The fraction of sp³-hybridized carbons (Fsp3) is 0.394. The first kappa shape index (κ1) is 27.0. The van der Waals surface area contributed by atoms with Crippen LogP contribution in [0.2, 0.25) is 0 Å². The molecule has 0 amide bonds. The zero-order valence-electron chi connectivity index (χ0n) is 22.0. The number of hydrogen-bond acceptors (Lipinski definition) is 1. The fourth-order valence-corrected chi connectivity index (χ4v) is 4.91. The Kier molecular flexibility index (Phi) is 9.49. The van der Waals surface area contributed by atoms with Crippen LogP contribution >= 0.6 is 0 Å². The van der Waals surface area contributed by atoms with Crippen LogP contribution in [0.1, 0.15) is 75.5 Å². The van der Waals surface area contributed by atoms with Crippen LogP contribution in [0.4, 0.5) is 13.2 Å². The normalized spacial score (nSPS) is 15.5. The molecule has 0 saturated carbocycles. The molecule has 4 heteroatoms. The van der Waals surface area contributed by atoms with Gasteiger partial charge in [0.1, 0.15) is 11.6 Å². The summed E-state index contributed by atoms with van der Waals surface area (Å²) in [4.78, 5) is 0. The highest BCUT2D eigenvalue weighted by Gasteiger charge is 2.19. The highest BCUT2D eigenvalue weighted by atomic mass is 19.2. The minimum Gasteiger partial charge on any atom is -0.493 e. The Morgan fingerprint density at radius 2 is 1.62 bits per heavy atom. The smallest absolute Gasteiger partial charge is 0.166 e. The van der Waals surface area contributed by atoms with E-state index in [-0.39, 0.29) is 5.82 Å². The van der Waals surface area contributed by atoms with E-state index in [1.807, 2.05) is 30.3 Å². The van der Waals surface area contributed by atoms with Crippen molar-refractivity contribution >= 4 is 5.57 Å². The molecule has 1 aliphatic rings. The predicted octanol–water partition coefficient (Wildman–Crippen LogP) is 9.72. The molecular weight excluding hydrogens is 469 g/mol. The molecule has 1 nitrogen and oxygen atoms in total. The van der Waals surface area contributed by atoms with Gasteiger partial charge in [-0.3, -0.25) is 0 Å². The molecule has 0 bridgehead atoms. The van der Waals surface area contributed by atoms with Gasteiger partial charge in [-0.2, -0.15) is 0 Å². The zero-order valence-corrected chi connectivity index (χ0v) is 22.0. The van der Waals surface area contributed by atoms with Crippen LogP contribution in [0.3, 0.4) is 0 Å². The number of rotatable bonds is 11. The molecule has 1 atom stereocenters. The zero-order chi connectivity index (χ0) is 26.2. The summed E-state index contributed by atoms with van der Waals surface area (Å²) in [6.07, 6.45) is 10.2. The predicted molar refractivity (Wildman–Crippen MR) is 146 cm³/mol. The minimum atomic E-state index is -0.747. The Labute approximate surface area is 219 Å². The summed E-state index contributed by atoms with van der Waals surface area (Å²) in [6.45, 7) is 4.94. The van der Waals surface area contributed by atoms with Gasteiger partial charge in [-0.1, -0.05) is 75.6 Å². The number of ether oxygens (including phenoxy) is 1. The van der Waals surface area contributed by atoms with Gasteiger partial charge in [0, 0.05) is 17.2 Å². The fourth-order valence-electron chi connectivity index (χ4n) is 4.91. The second-order valence-corrected chi connectivity index (χ2v) is 10.3. The first-order chi connectivity index (χ1) is 18.0. The topological polar surface area (TPSA) is 9.23 Å². The molecule has 1 aliphatic carbocycles. The maximum atomic E-state index is 14.8. The molecule has 0 N–H and O–H groups in total. The van der Waals surface area contributed by atoms with Crippen molar-refractivity contribution in [2.45, 2.75) is 71.6 Å². The van der Waals surface area contributed by atoms with Crippen molar-refractivity contribution in [2.24, 2.45) is 5.92 Å². The lowest BCUT2D eigenvalue weighted by atomic mass is 9.87. The quantitative estimate of drug-likeness (QED) is 0.235. The number of benzene rings is 3. The van der Waals surface area contributed by atoms with Crippen molar-refractivity contribution in [3.63, 3.8) is 0 Å². The standard InChI is InChI=1S/C33H37F3O/c1-3-4-5-6-21-37-28-18-20-29(31(34)22-28)25-14-9-24(10-15-25)11-16-27-17-19-30(33(36)32(27)35)26-12-7-23(2)8-13-26/h9-10,12,14-15,17-20,22-23H,3-8,11,13,16,21H2,1-2H3. The molecule has 0 heterocycles. The van der Waals surface area contributed by atoms with E-state index in [2.05, 4.69) is 13.8 Å². The molecule has 1 unspecified atom stereocenters. The first-order valence-electron chi connectivity index (χ1n) is 13.6. The van der Waals surface area contributed by atoms with E-state index in [9.17, 15) is 13.2 Å². The van der Waals surface area contributed by atoms with Crippen molar-refractivity contribution in [1.29, 1.82) is 0 Å². The first-order valence-corrected chi connectivity index (χ1v) is 13.6. The highest BCUT2D eigenvalue weighted by molar-refractivity contribution is 5.67. The maximum absolute atomic E-state index is 14.8. The molecule has 196 valence electrons. The lowest BCUT2D eigenvalue weighted by Gasteiger charge is -2.19. The van der Waals surface area contributed by atoms with Gasteiger partial charge in [0.05, 0.1) is 6.61 Å². The van der Waals surface area contributed by atoms with E-state index in [1.165, 1.54) is 18.9 Å². The van der Waals surface area contributed by atoms with Crippen molar-refractivity contribution in [2.75, 3.05) is 6.61 Å². The average molecular weight is 507 g/mol. The third-order valence-electron chi connectivity index (χ3n) is 7.34. The van der Waals surface area contributed by atoms with E-state index in [4.69, 9.17) is 4.74 Å². The largest absolute Gasteiger partial charge is 0.493 e. The minimum absolute atomic E-state index is 0.320. The number of unbranched alkanes of at least 4 members (excludes halogenated alkanes) is 3. The van der Waals surface area contributed by atoms with Gasteiger partial charge >= 0.3 is 0 Å². The van der Waals surface area contributed by atoms with E-state index in [0.29, 0.717) is 47.8 Å². The third kappa shape index (κ3) is 7.06. The summed E-state index contributed by atoms with van der Waals surface area (Å²) in [5.41, 5.74) is 3.96. The van der Waals surface area contributed by atoms with Gasteiger partial charge in [0.25, 0.3) is 0 Å². The molecular formula is C33H37F3O. The Hall–Kier alpha value is -3.01. The molecule has 0 aliphatic heterocycles. The lowest BCUT2D eigenvalue weighted by Crippen LogP contribution is -2.05. The maximum Gasteiger partial charge on any atom is 0.166 e. The van der Waals surface area contributed by atoms with E-state index >= 15 is 0 Å². The summed E-state index contributed by atoms with van der Waals surface area (Å²) < 4.78 is 50.1. The van der Waals surface area contributed by atoms with Crippen LogP contribution < -0.4 is 4.74 Å². The van der Waals surface area contributed by atoms with Gasteiger partial charge in [-0.25, -0.2) is 13.2 Å². The molecule has 37 heavy (non-hydrogen) atoms. The van der Waals surface area contributed by atoms with Gasteiger partial charge in [-0.15, -0.1) is 0 Å². The number of aryl methyl sites for hydroxylation is 2. The van der Waals surface area contributed by atoms with E-state index in [1.54, 1.807) is 24.3 Å². The molecule has 3 aromatic carbocycles. The molecule has 0 fully saturated rings. The summed E-state index contributed by atoms with van der Waals surface area (Å²) in [6, 6.07) is 16.0. The Morgan fingerprint density at radius 3 is 2.32 bits per heavy atom. The second-order valence-electron chi connectivity index (χ2n) is 10.3. The summed E-state index contributed by atoms with van der Waals surface area (Å²) in [5.74, 6) is -0.666. The number of halogens is 3. The summed E-state index contributed by atoms with van der Waals surface area (Å²) in [7, 11) is 0. The molecule has 0 spiro atoms. The molecule has 0 saturated heterocycles. The van der Waals surface area contributed by atoms with Crippen LogP contribution in [0.15, 0.2) is 60.7 Å². The van der Waals surface area contributed by atoms with Crippen molar-refractivity contribution in [3.05, 3.63) is 94.8 Å². The highest BCUT2D eigenvalue weighted by Crippen LogP contribution is 2.33. The number of allylic oxidation sites excluding steroid dienone is 2.